The van der Waals surface area contributed by atoms with E-state index < -0.39 is 28.0 Å². The Balaban J connectivity index is 2.10. The van der Waals surface area contributed by atoms with E-state index in [1.165, 1.54) is 24.3 Å². The standard InChI is InChI=1S/C11H14FNO4S/c12-9-3-1-8(2-4-9)7-18(16,17)13-5-10(14)11(15)6-13/h1-4,10-11,14-15H,5-7H2. The first-order valence-corrected chi connectivity index (χ1v) is 7.08. The van der Waals surface area contributed by atoms with Crippen molar-refractivity contribution in [1.82, 2.24) is 4.31 Å². The quantitative estimate of drug-likeness (QED) is 0.793. The normalized spacial score (nSPS) is 25.5. The summed E-state index contributed by atoms with van der Waals surface area (Å²) in [4.78, 5) is 0. The Morgan fingerprint density at radius 2 is 1.67 bits per heavy atom. The van der Waals surface area contributed by atoms with E-state index in [0.717, 1.165) is 4.31 Å². The zero-order valence-corrected chi connectivity index (χ0v) is 10.3. The summed E-state index contributed by atoms with van der Waals surface area (Å²) < 4.78 is 37.7. The van der Waals surface area contributed by atoms with E-state index in [-0.39, 0.29) is 18.8 Å². The van der Waals surface area contributed by atoms with Crippen molar-refractivity contribution in [3.8, 4) is 0 Å². The highest BCUT2D eigenvalue weighted by molar-refractivity contribution is 7.88. The van der Waals surface area contributed by atoms with Gasteiger partial charge in [-0.2, -0.15) is 4.31 Å². The minimum Gasteiger partial charge on any atom is -0.389 e. The van der Waals surface area contributed by atoms with E-state index in [9.17, 15) is 23.0 Å². The smallest absolute Gasteiger partial charge is 0.218 e. The van der Waals surface area contributed by atoms with Crippen molar-refractivity contribution < 1.29 is 23.0 Å². The Kier molecular flexibility index (Phi) is 3.67. The van der Waals surface area contributed by atoms with Crippen molar-refractivity contribution in [3.63, 3.8) is 0 Å². The van der Waals surface area contributed by atoms with Gasteiger partial charge in [0, 0.05) is 13.1 Å². The molecule has 0 aliphatic carbocycles. The molecule has 1 aliphatic rings. The maximum absolute atomic E-state index is 12.7. The molecule has 0 saturated carbocycles. The van der Waals surface area contributed by atoms with Gasteiger partial charge in [0.25, 0.3) is 0 Å². The van der Waals surface area contributed by atoms with E-state index in [2.05, 4.69) is 0 Å². The molecule has 100 valence electrons. The summed E-state index contributed by atoms with van der Waals surface area (Å²) in [5.74, 6) is -0.699. The molecule has 1 aromatic rings. The summed E-state index contributed by atoms with van der Waals surface area (Å²) in [6.45, 7) is -0.213. The fourth-order valence-corrected chi connectivity index (χ4v) is 3.40. The van der Waals surface area contributed by atoms with Crippen molar-refractivity contribution in [1.29, 1.82) is 0 Å². The molecule has 0 radical (unpaired) electrons. The van der Waals surface area contributed by atoms with Crippen LogP contribution in [0.3, 0.4) is 0 Å². The molecule has 1 aromatic carbocycles. The number of aliphatic hydroxyl groups is 2. The van der Waals surface area contributed by atoms with Gasteiger partial charge in [0.15, 0.2) is 0 Å². The lowest BCUT2D eigenvalue weighted by atomic mass is 10.2. The van der Waals surface area contributed by atoms with Crippen LogP contribution in [0.4, 0.5) is 4.39 Å². The minimum absolute atomic E-state index is 0.106. The van der Waals surface area contributed by atoms with Crippen LogP contribution >= 0.6 is 0 Å². The molecule has 0 bridgehead atoms. The molecule has 1 fully saturated rings. The van der Waals surface area contributed by atoms with Crippen LogP contribution in [-0.4, -0.2) is 48.2 Å². The molecule has 2 rings (SSSR count). The summed E-state index contributed by atoms with van der Waals surface area (Å²) in [6, 6.07) is 5.18. The van der Waals surface area contributed by atoms with Crippen molar-refractivity contribution in [2.24, 2.45) is 0 Å². The second-order valence-corrected chi connectivity index (χ2v) is 6.30. The van der Waals surface area contributed by atoms with E-state index in [4.69, 9.17) is 0 Å². The SMILES string of the molecule is O=S(=O)(Cc1ccc(F)cc1)N1CC(O)C(O)C1. The average molecular weight is 275 g/mol. The Morgan fingerprint density at radius 1 is 1.17 bits per heavy atom. The zero-order valence-electron chi connectivity index (χ0n) is 9.53. The van der Waals surface area contributed by atoms with Gasteiger partial charge in [-0.15, -0.1) is 0 Å². The van der Waals surface area contributed by atoms with Crippen LogP contribution in [0.5, 0.6) is 0 Å². The van der Waals surface area contributed by atoms with Crippen molar-refractivity contribution in [3.05, 3.63) is 35.6 Å². The number of rotatable bonds is 3. The van der Waals surface area contributed by atoms with Crippen LogP contribution in [0.1, 0.15) is 5.56 Å². The van der Waals surface area contributed by atoms with E-state index in [1.54, 1.807) is 0 Å². The van der Waals surface area contributed by atoms with Gasteiger partial charge >= 0.3 is 0 Å². The predicted octanol–water partition coefficient (Wildman–Crippen LogP) is -0.307. The summed E-state index contributed by atoms with van der Waals surface area (Å²) in [5, 5.41) is 18.7. The van der Waals surface area contributed by atoms with Gasteiger partial charge < -0.3 is 10.2 Å². The lowest BCUT2D eigenvalue weighted by molar-refractivity contribution is 0.0572. The molecule has 7 heteroatoms. The highest BCUT2D eigenvalue weighted by atomic mass is 32.2. The molecule has 0 spiro atoms. The van der Waals surface area contributed by atoms with Crippen molar-refractivity contribution >= 4 is 10.0 Å². The zero-order chi connectivity index (χ0) is 13.3. The van der Waals surface area contributed by atoms with Crippen molar-refractivity contribution in [2.75, 3.05) is 13.1 Å². The molecule has 2 unspecified atom stereocenters. The lowest BCUT2D eigenvalue weighted by Gasteiger charge is -2.15. The van der Waals surface area contributed by atoms with Gasteiger partial charge in [0.1, 0.15) is 5.82 Å². The Hall–Kier alpha value is -1.02. The van der Waals surface area contributed by atoms with E-state index in [1.807, 2.05) is 0 Å². The van der Waals surface area contributed by atoms with Gasteiger partial charge in [-0.05, 0) is 17.7 Å². The molecule has 1 aliphatic heterocycles. The first-order chi connectivity index (χ1) is 8.38. The topological polar surface area (TPSA) is 77.8 Å². The number of β-amino-alcohol motifs (C(OH)–C–C–N with tert-alkyl or cyclic N) is 2. The predicted molar refractivity (Wildman–Crippen MR) is 62.6 cm³/mol. The number of hydrogen-bond acceptors (Lipinski definition) is 4. The molecule has 2 atom stereocenters. The fraction of sp³-hybridized carbons (Fsp3) is 0.455. The second-order valence-electron chi connectivity index (χ2n) is 4.33. The average Bonchev–Trinajstić information content (AvgIpc) is 2.63. The maximum Gasteiger partial charge on any atom is 0.218 e. The van der Waals surface area contributed by atoms with Crippen LogP contribution < -0.4 is 0 Å². The highest BCUT2D eigenvalue weighted by Gasteiger charge is 2.36. The van der Waals surface area contributed by atoms with E-state index in [0.29, 0.717) is 5.56 Å². The van der Waals surface area contributed by atoms with Gasteiger partial charge in [-0.1, -0.05) is 12.1 Å². The second kappa shape index (κ2) is 4.93. The number of hydrogen-bond donors (Lipinski definition) is 2. The molecule has 1 saturated heterocycles. The third kappa shape index (κ3) is 2.86. The molecule has 2 N–H and O–H groups in total. The summed E-state index contributed by atoms with van der Waals surface area (Å²) in [6.07, 6.45) is -2.10. The summed E-state index contributed by atoms with van der Waals surface area (Å²) in [5.41, 5.74) is 0.465. The Labute approximate surface area is 105 Å². The number of halogens is 1. The number of sulfonamides is 1. The number of nitrogens with zero attached hydrogens (tertiary/aromatic N) is 1. The third-order valence-corrected chi connectivity index (χ3v) is 4.66. The maximum atomic E-state index is 12.7. The Bertz CT molecular complexity index is 506. The van der Waals surface area contributed by atoms with Gasteiger partial charge in [0.05, 0.1) is 18.0 Å². The minimum atomic E-state index is -3.60. The summed E-state index contributed by atoms with van der Waals surface area (Å²) >= 11 is 0. The molecule has 1 heterocycles. The van der Waals surface area contributed by atoms with Crippen LogP contribution in [0.2, 0.25) is 0 Å². The van der Waals surface area contributed by atoms with Gasteiger partial charge in [-0.3, -0.25) is 0 Å². The van der Waals surface area contributed by atoms with Crippen LogP contribution in [0, 0.1) is 5.82 Å². The monoisotopic (exact) mass is 275 g/mol. The molecule has 5 nitrogen and oxygen atoms in total. The fourth-order valence-electron chi connectivity index (χ4n) is 1.84. The molecule has 18 heavy (non-hydrogen) atoms. The first-order valence-electron chi connectivity index (χ1n) is 5.47. The van der Waals surface area contributed by atoms with Gasteiger partial charge in [0.2, 0.25) is 10.0 Å². The molecular formula is C11H14FNO4S. The van der Waals surface area contributed by atoms with Crippen LogP contribution in [0.25, 0.3) is 0 Å². The Morgan fingerprint density at radius 3 is 2.17 bits per heavy atom. The third-order valence-electron chi connectivity index (χ3n) is 2.88. The lowest BCUT2D eigenvalue weighted by Crippen LogP contribution is -2.31. The van der Waals surface area contributed by atoms with Crippen molar-refractivity contribution in [2.45, 2.75) is 18.0 Å². The molecule has 0 aromatic heterocycles. The van der Waals surface area contributed by atoms with E-state index >= 15 is 0 Å². The van der Waals surface area contributed by atoms with Crippen LogP contribution in [0.15, 0.2) is 24.3 Å². The summed E-state index contributed by atoms with van der Waals surface area (Å²) in [7, 11) is -3.60. The number of aliphatic hydroxyl groups excluding tert-OH is 2. The molecular weight excluding hydrogens is 261 g/mol. The largest absolute Gasteiger partial charge is 0.389 e. The highest BCUT2D eigenvalue weighted by Crippen LogP contribution is 2.18. The first kappa shape index (κ1) is 13.4. The number of benzene rings is 1. The molecule has 0 amide bonds. The van der Waals surface area contributed by atoms with Crippen LogP contribution in [-0.2, 0) is 15.8 Å². The van der Waals surface area contributed by atoms with Gasteiger partial charge in [-0.25, -0.2) is 12.8 Å².